The molecule has 1 rings (SSSR count). The highest BCUT2D eigenvalue weighted by Crippen LogP contribution is 2.26. The minimum Gasteiger partial charge on any atom is -0.478 e. The molecule has 0 aliphatic carbocycles. The highest BCUT2D eigenvalue weighted by molar-refractivity contribution is 9.10. The number of alkyl halides is 1. The molecule has 0 unspecified atom stereocenters. The van der Waals surface area contributed by atoms with Gasteiger partial charge in [0.15, 0.2) is 6.61 Å². The molecule has 1 aromatic carbocycles. The summed E-state index contributed by atoms with van der Waals surface area (Å²) in [5.41, 5.74) is 1.01. The van der Waals surface area contributed by atoms with Crippen molar-refractivity contribution in [2.45, 2.75) is 5.88 Å². The van der Waals surface area contributed by atoms with Gasteiger partial charge in [0, 0.05) is 5.88 Å². The van der Waals surface area contributed by atoms with E-state index in [1.807, 2.05) is 18.2 Å². The van der Waals surface area contributed by atoms with Crippen molar-refractivity contribution in [3.8, 4) is 11.8 Å². The summed E-state index contributed by atoms with van der Waals surface area (Å²) in [6, 6.07) is 7.43. The first kappa shape index (κ1) is 10.4. The minimum absolute atomic E-state index is 0.0544. The molecule has 0 spiro atoms. The van der Waals surface area contributed by atoms with Crippen LogP contribution in [0.3, 0.4) is 0 Å². The second-order valence-electron chi connectivity index (χ2n) is 2.35. The molecular formula is C9H7BrClNO. The zero-order valence-corrected chi connectivity index (χ0v) is 9.10. The van der Waals surface area contributed by atoms with Gasteiger partial charge in [0.25, 0.3) is 0 Å². The molecule has 0 atom stereocenters. The van der Waals surface area contributed by atoms with Crippen LogP contribution in [0.4, 0.5) is 0 Å². The lowest BCUT2D eigenvalue weighted by molar-refractivity contribution is 0.366. The normalized spacial score (nSPS) is 9.31. The monoisotopic (exact) mass is 259 g/mol. The average Bonchev–Trinajstić information content (AvgIpc) is 2.16. The Hall–Kier alpha value is -0.720. The molecule has 0 aliphatic rings. The largest absolute Gasteiger partial charge is 0.478 e. The molecule has 4 heteroatoms. The van der Waals surface area contributed by atoms with E-state index in [-0.39, 0.29) is 6.61 Å². The number of halogens is 2. The van der Waals surface area contributed by atoms with Gasteiger partial charge in [0.05, 0.1) is 4.47 Å². The first-order valence-corrected chi connectivity index (χ1v) is 4.95. The van der Waals surface area contributed by atoms with Crippen LogP contribution in [-0.2, 0) is 5.88 Å². The predicted octanol–water partition coefficient (Wildman–Crippen LogP) is 3.09. The molecule has 0 radical (unpaired) electrons. The first-order valence-electron chi connectivity index (χ1n) is 3.62. The average molecular weight is 261 g/mol. The fourth-order valence-corrected chi connectivity index (χ4v) is 1.56. The van der Waals surface area contributed by atoms with Gasteiger partial charge in [-0.15, -0.1) is 11.6 Å². The Morgan fingerprint density at radius 2 is 2.31 bits per heavy atom. The van der Waals surface area contributed by atoms with Gasteiger partial charge in [-0.1, -0.05) is 6.07 Å². The molecule has 0 fully saturated rings. The Bertz CT molecular complexity index is 335. The van der Waals surface area contributed by atoms with E-state index in [0.717, 1.165) is 10.0 Å². The molecule has 0 bridgehead atoms. The molecule has 68 valence electrons. The lowest BCUT2D eigenvalue weighted by atomic mass is 10.2. The van der Waals surface area contributed by atoms with E-state index in [1.54, 1.807) is 6.07 Å². The fraction of sp³-hybridized carbons (Fsp3) is 0.222. The lowest BCUT2D eigenvalue weighted by Gasteiger charge is -2.05. The Balaban J connectivity index is 2.80. The number of rotatable bonds is 3. The lowest BCUT2D eigenvalue weighted by Crippen LogP contribution is -1.94. The summed E-state index contributed by atoms with van der Waals surface area (Å²) in [6.45, 7) is 0.0544. The van der Waals surface area contributed by atoms with Crippen LogP contribution in [0, 0.1) is 11.3 Å². The second kappa shape index (κ2) is 5.11. The summed E-state index contributed by atoms with van der Waals surface area (Å²) in [4.78, 5) is 0. The predicted molar refractivity (Wildman–Crippen MR) is 54.8 cm³/mol. The van der Waals surface area contributed by atoms with Crippen LogP contribution < -0.4 is 4.74 Å². The Kier molecular flexibility index (Phi) is 4.07. The van der Waals surface area contributed by atoms with E-state index in [0.29, 0.717) is 11.6 Å². The number of hydrogen-bond donors (Lipinski definition) is 0. The number of ether oxygens (including phenoxy) is 1. The number of benzene rings is 1. The van der Waals surface area contributed by atoms with Crippen molar-refractivity contribution in [1.29, 1.82) is 5.26 Å². The summed E-state index contributed by atoms with van der Waals surface area (Å²) < 4.78 is 5.95. The minimum atomic E-state index is 0.0544. The summed E-state index contributed by atoms with van der Waals surface area (Å²) in [7, 11) is 0. The van der Waals surface area contributed by atoms with Crippen molar-refractivity contribution in [3.05, 3.63) is 28.2 Å². The third kappa shape index (κ3) is 2.91. The molecule has 13 heavy (non-hydrogen) atoms. The zero-order valence-electron chi connectivity index (χ0n) is 6.76. The van der Waals surface area contributed by atoms with Gasteiger partial charge in [-0.2, -0.15) is 5.26 Å². The van der Waals surface area contributed by atoms with Gasteiger partial charge >= 0.3 is 0 Å². The highest BCUT2D eigenvalue weighted by Gasteiger charge is 2.01. The maximum Gasteiger partial charge on any atom is 0.174 e. The van der Waals surface area contributed by atoms with Gasteiger partial charge in [0.2, 0.25) is 0 Å². The van der Waals surface area contributed by atoms with Gasteiger partial charge < -0.3 is 4.74 Å². The number of nitriles is 1. The molecule has 0 aromatic heterocycles. The maximum absolute atomic E-state index is 8.31. The molecule has 0 saturated heterocycles. The van der Waals surface area contributed by atoms with Gasteiger partial charge in [-0.3, -0.25) is 0 Å². The Labute approximate surface area is 90.2 Å². The van der Waals surface area contributed by atoms with E-state index < -0.39 is 0 Å². The van der Waals surface area contributed by atoms with Crippen molar-refractivity contribution < 1.29 is 4.74 Å². The van der Waals surface area contributed by atoms with Gasteiger partial charge in [-0.25, -0.2) is 0 Å². The van der Waals surface area contributed by atoms with Crippen molar-refractivity contribution in [2.24, 2.45) is 0 Å². The van der Waals surface area contributed by atoms with Gasteiger partial charge in [0.1, 0.15) is 11.8 Å². The molecule has 0 N–H and O–H groups in total. The summed E-state index contributed by atoms with van der Waals surface area (Å²) >= 11 is 8.97. The molecule has 0 saturated carbocycles. The summed E-state index contributed by atoms with van der Waals surface area (Å²) in [5, 5.41) is 8.31. The van der Waals surface area contributed by atoms with E-state index in [4.69, 9.17) is 21.6 Å². The Morgan fingerprint density at radius 1 is 1.54 bits per heavy atom. The molecule has 0 aliphatic heterocycles. The third-order valence-corrected chi connectivity index (χ3v) is 2.37. The van der Waals surface area contributed by atoms with E-state index in [9.17, 15) is 0 Å². The third-order valence-electron chi connectivity index (χ3n) is 1.44. The highest BCUT2D eigenvalue weighted by atomic mass is 79.9. The summed E-state index contributed by atoms with van der Waals surface area (Å²) in [6.07, 6.45) is 0. The molecule has 1 aromatic rings. The van der Waals surface area contributed by atoms with Crippen molar-refractivity contribution in [2.75, 3.05) is 6.61 Å². The summed E-state index contributed by atoms with van der Waals surface area (Å²) in [5.74, 6) is 1.13. The van der Waals surface area contributed by atoms with E-state index in [2.05, 4.69) is 15.9 Å². The van der Waals surface area contributed by atoms with Crippen LogP contribution in [0.15, 0.2) is 22.7 Å². The SMILES string of the molecule is N#CCOc1ccc(CCl)cc1Br. The van der Waals surface area contributed by atoms with Crippen LogP contribution >= 0.6 is 27.5 Å². The van der Waals surface area contributed by atoms with Crippen molar-refractivity contribution >= 4 is 27.5 Å². The number of nitrogens with zero attached hydrogens (tertiary/aromatic N) is 1. The molecule has 2 nitrogen and oxygen atoms in total. The van der Waals surface area contributed by atoms with Crippen molar-refractivity contribution in [1.82, 2.24) is 0 Å². The second-order valence-corrected chi connectivity index (χ2v) is 3.47. The van der Waals surface area contributed by atoms with Crippen LogP contribution in [0.1, 0.15) is 5.56 Å². The first-order chi connectivity index (χ1) is 6.27. The number of hydrogen-bond acceptors (Lipinski definition) is 2. The molecule has 0 heterocycles. The smallest absolute Gasteiger partial charge is 0.174 e. The topological polar surface area (TPSA) is 33.0 Å². The Morgan fingerprint density at radius 3 is 2.85 bits per heavy atom. The molecule has 0 amide bonds. The molecular weight excluding hydrogens is 253 g/mol. The standard InChI is InChI=1S/C9H7BrClNO/c10-8-5-7(6-11)1-2-9(8)13-4-3-12/h1-2,5H,4,6H2. The van der Waals surface area contributed by atoms with Crippen LogP contribution in [0.25, 0.3) is 0 Å². The van der Waals surface area contributed by atoms with Crippen molar-refractivity contribution in [3.63, 3.8) is 0 Å². The maximum atomic E-state index is 8.31. The quantitative estimate of drug-likeness (QED) is 0.783. The fourth-order valence-electron chi connectivity index (χ4n) is 0.855. The van der Waals surface area contributed by atoms with Crippen LogP contribution in [-0.4, -0.2) is 6.61 Å². The van der Waals surface area contributed by atoms with E-state index >= 15 is 0 Å². The van der Waals surface area contributed by atoms with Crippen LogP contribution in [0.5, 0.6) is 5.75 Å². The van der Waals surface area contributed by atoms with E-state index in [1.165, 1.54) is 0 Å². The zero-order chi connectivity index (χ0) is 9.68. The van der Waals surface area contributed by atoms with Crippen LogP contribution in [0.2, 0.25) is 0 Å². The van der Waals surface area contributed by atoms with Gasteiger partial charge in [-0.05, 0) is 33.6 Å².